The highest BCUT2D eigenvalue weighted by Crippen LogP contribution is 2.40. The number of pyridine rings is 1. The van der Waals surface area contributed by atoms with Crippen LogP contribution in [0, 0.1) is 24.0 Å². The number of ketones is 1. The Balaban J connectivity index is 1.85. The third-order valence-corrected chi connectivity index (χ3v) is 7.01. The first-order chi connectivity index (χ1) is 17.7. The Morgan fingerprint density at radius 2 is 1.89 bits per heavy atom. The predicted molar refractivity (Wildman–Crippen MR) is 139 cm³/mol. The second kappa shape index (κ2) is 10.5. The fourth-order valence-electron chi connectivity index (χ4n) is 4.94. The molecule has 2 aromatic heterocycles. The number of nitro benzene ring substituents is 1. The SMILES string of the molecule is CCN(CC)CCCN1C(=O)C(=O)/C(=C(/O)c2nc3c(C)cccn3c2C)C1c1cccc([N+](=O)[O-])c1. The van der Waals surface area contributed by atoms with Gasteiger partial charge in [-0.05, 0) is 57.1 Å². The number of hydrogen-bond donors (Lipinski definition) is 1. The average Bonchev–Trinajstić information content (AvgIpc) is 3.36. The van der Waals surface area contributed by atoms with E-state index < -0.39 is 22.7 Å². The molecule has 1 unspecified atom stereocenters. The number of non-ortho nitro benzene ring substituents is 1. The Bertz CT molecular complexity index is 1410. The number of rotatable bonds is 9. The summed E-state index contributed by atoms with van der Waals surface area (Å²) in [6.45, 7) is 10.5. The maximum absolute atomic E-state index is 13.3. The van der Waals surface area contributed by atoms with Crippen molar-refractivity contribution in [3.8, 4) is 0 Å². The summed E-state index contributed by atoms with van der Waals surface area (Å²) < 4.78 is 1.81. The third kappa shape index (κ3) is 4.72. The van der Waals surface area contributed by atoms with Gasteiger partial charge in [-0.2, -0.15) is 0 Å². The predicted octanol–water partition coefficient (Wildman–Crippen LogP) is 4.01. The highest BCUT2D eigenvalue weighted by atomic mass is 16.6. The molecule has 1 aliphatic rings. The Kier molecular flexibility index (Phi) is 7.40. The summed E-state index contributed by atoms with van der Waals surface area (Å²) in [5.41, 5.74) is 2.44. The number of Topliss-reactive ketones (excluding diaryl/α,β-unsaturated/α-hetero) is 1. The molecule has 0 bridgehead atoms. The van der Waals surface area contributed by atoms with Crippen molar-refractivity contribution in [3.05, 3.63) is 80.8 Å². The summed E-state index contributed by atoms with van der Waals surface area (Å²) >= 11 is 0. The monoisotopic (exact) mass is 505 g/mol. The van der Waals surface area contributed by atoms with Crippen LogP contribution < -0.4 is 0 Å². The van der Waals surface area contributed by atoms with E-state index in [1.165, 1.54) is 23.1 Å². The fourth-order valence-corrected chi connectivity index (χ4v) is 4.94. The second-order valence-electron chi connectivity index (χ2n) is 9.16. The molecule has 1 fully saturated rings. The number of fused-ring (bicyclic) bond motifs is 1. The first-order valence-electron chi connectivity index (χ1n) is 12.4. The van der Waals surface area contributed by atoms with Crippen molar-refractivity contribution in [2.75, 3.05) is 26.2 Å². The number of carbonyl (C=O) groups excluding carboxylic acids is 2. The molecule has 37 heavy (non-hydrogen) atoms. The van der Waals surface area contributed by atoms with E-state index >= 15 is 0 Å². The molecular weight excluding hydrogens is 474 g/mol. The van der Waals surface area contributed by atoms with Crippen molar-refractivity contribution in [1.82, 2.24) is 19.2 Å². The molecule has 194 valence electrons. The van der Waals surface area contributed by atoms with Crippen LogP contribution in [0.1, 0.15) is 48.8 Å². The number of aliphatic hydroxyl groups is 1. The van der Waals surface area contributed by atoms with Gasteiger partial charge >= 0.3 is 0 Å². The molecular formula is C27H31N5O5. The number of hydrogen-bond acceptors (Lipinski definition) is 7. The van der Waals surface area contributed by atoms with Gasteiger partial charge in [0.25, 0.3) is 17.4 Å². The minimum Gasteiger partial charge on any atom is -0.505 e. The number of aliphatic hydroxyl groups excluding tert-OH is 1. The normalized spacial score (nSPS) is 17.3. The largest absolute Gasteiger partial charge is 0.505 e. The van der Waals surface area contributed by atoms with Crippen molar-refractivity contribution >= 4 is 28.8 Å². The Hall–Kier alpha value is -4.05. The summed E-state index contributed by atoms with van der Waals surface area (Å²) in [7, 11) is 0. The molecule has 10 nitrogen and oxygen atoms in total. The van der Waals surface area contributed by atoms with Crippen LogP contribution in [0.15, 0.2) is 48.2 Å². The summed E-state index contributed by atoms with van der Waals surface area (Å²) in [5.74, 6) is -1.96. The van der Waals surface area contributed by atoms with Crippen molar-refractivity contribution in [3.63, 3.8) is 0 Å². The highest BCUT2D eigenvalue weighted by molar-refractivity contribution is 6.46. The molecule has 10 heteroatoms. The summed E-state index contributed by atoms with van der Waals surface area (Å²) in [4.78, 5) is 45.7. The number of carbonyl (C=O) groups is 2. The minimum atomic E-state index is -0.970. The lowest BCUT2D eigenvalue weighted by Crippen LogP contribution is -2.33. The van der Waals surface area contributed by atoms with Crippen LogP contribution in [0.2, 0.25) is 0 Å². The number of imidazole rings is 1. The first-order valence-corrected chi connectivity index (χ1v) is 12.4. The average molecular weight is 506 g/mol. The van der Waals surface area contributed by atoms with Gasteiger partial charge in [-0.15, -0.1) is 0 Å². The zero-order valence-corrected chi connectivity index (χ0v) is 21.5. The zero-order valence-electron chi connectivity index (χ0n) is 21.5. The van der Waals surface area contributed by atoms with Crippen LogP contribution in [-0.4, -0.2) is 67.1 Å². The molecule has 1 amide bonds. The Morgan fingerprint density at radius 1 is 1.16 bits per heavy atom. The van der Waals surface area contributed by atoms with Crippen LogP contribution in [-0.2, 0) is 9.59 Å². The number of amides is 1. The molecule has 0 radical (unpaired) electrons. The first kappa shape index (κ1) is 26.0. The number of likely N-dealkylation sites (tertiary alicyclic amines) is 1. The smallest absolute Gasteiger partial charge is 0.295 e. The molecule has 0 spiro atoms. The molecule has 1 aromatic carbocycles. The molecule has 1 N–H and O–H groups in total. The van der Waals surface area contributed by atoms with Crippen LogP contribution in [0.4, 0.5) is 5.69 Å². The quantitative estimate of drug-likeness (QED) is 0.153. The van der Waals surface area contributed by atoms with Gasteiger partial charge in [0, 0.05) is 24.9 Å². The lowest BCUT2D eigenvalue weighted by Gasteiger charge is -2.26. The zero-order chi connectivity index (χ0) is 26.9. The maximum Gasteiger partial charge on any atom is 0.295 e. The molecule has 1 atom stereocenters. The van der Waals surface area contributed by atoms with E-state index in [0.717, 1.165) is 25.2 Å². The van der Waals surface area contributed by atoms with Gasteiger partial charge in [0.1, 0.15) is 11.3 Å². The fraction of sp³-hybridized carbons (Fsp3) is 0.370. The minimum absolute atomic E-state index is 0.113. The van der Waals surface area contributed by atoms with E-state index in [9.17, 15) is 24.8 Å². The van der Waals surface area contributed by atoms with Crippen molar-refractivity contribution in [2.45, 2.75) is 40.2 Å². The van der Waals surface area contributed by atoms with E-state index in [4.69, 9.17) is 0 Å². The van der Waals surface area contributed by atoms with Crippen LogP contribution >= 0.6 is 0 Å². The topological polar surface area (TPSA) is 121 Å². The van der Waals surface area contributed by atoms with Crippen molar-refractivity contribution in [2.24, 2.45) is 0 Å². The maximum atomic E-state index is 13.3. The summed E-state index contributed by atoms with van der Waals surface area (Å²) in [6, 6.07) is 8.63. The molecule has 1 saturated heterocycles. The van der Waals surface area contributed by atoms with E-state index in [0.29, 0.717) is 23.3 Å². The van der Waals surface area contributed by atoms with Gasteiger partial charge in [0.15, 0.2) is 5.76 Å². The van der Waals surface area contributed by atoms with Crippen molar-refractivity contribution in [1.29, 1.82) is 0 Å². The van der Waals surface area contributed by atoms with Crippen LogP contribution in [0.3, 0.4) is 0 Å². The lowest BCUT2D eigenvalue weighted by molar-refractivity contribution is -0.384. The van der Waals surface area contributed by atoms with E-state index in [-0.39, 0.29) is 29.3 Å². The molecule has 3 aromatic rings. The van der Waals surface area contributed by atoms with Crippen LogP contribution in [0.5, 0.6) is 0 Å². The molecule has 0 saturated carbocycles. The Morgan fingerprint density at radius 3 is 2.54 bits per heavy atom. The lowest BCUT2D eigenvalue weighted by atomic mass is 9.96. The number of aryl methyl sites for hydroxylation is 2. The number of aromatic nitrogens is 2. The van der Waals surface area contributed by atoms with Gasteiger partial charge in [-0.3, -0.25) is 19.7 Å². The summed E-state index contributed by atoms with van der Waals surface area (Å²) in [6.07, 6.45) is 2.41. The number of nitrogens with zero attached hydrogens (tertiary/aromatic N) is 5. The third-order valence-electron chi connectivity index (χ3n) is 7.01. The second-order valence-corrected chi connectivity index (χ2v) is 9.16. The highest BCUT2D eigenvalue weighted by Gasteiger charge is 2.46. The molecule has 4 rings (SSSR count). The molecule has 3 heterocycles. The van der Waals surface area contributed by atoms with Gasteiger partial charge in [-0.25, -0.2) is 4.98 Å². The van der Waals surface area contributed by atoms with Gasteiger partial charge in [-0.1, -0.05) is 32.0 Å². The van der Waals surface area contributed by atoms with Gasteiger partial charge in [0.2, 0.25) is 0 Å². The van der Waals surface area contributed by atoms with E-state index in [1.54, 1.807) is 13.0 Å². The van der Waals surface area contributed by atoms with Gasteiger partial charge < -0.3 is 19.3 Å². The Labute approximate surface area is 215 Å². The number of nitro groups is 1. The standard InChI is InChI=1S/C27H31N5O5/c1-5-29(6-2)13-9-15-31-23(19-11-7-12-20(16-19)32(36)37)21(25(34)27(31)35)24(33)22-18(4)30-14-8-10-17(3)26(30)28-22/h7-8,10-12,14,16,23,33H,5-6,9,13,15H2,1-4H3/b24-21+. The van der Waals surface area contributed by atoms with Crippen molar-refractivity contribution < 1.29 is 19.6 Å². The molecule has 0 aliphatic carbocycles. The van der Waals surface area contributed by atoms with E-state index in [2.05, 4.69) is 23.7 Å². The van der Waals surface area contributed by atoms with E-state index in [1.807, 2.05) is 29.7 Å². The summed E-state index contributed by atoms with van der Waals surface area (Å²) in [5, 5.41) is 22.9. The number of benzene rings is 1. The van der Waals surface area contributed by atoms with Gasteiger partial charge in [0.05, 0.1) is 22.2 Å². The molecule has 1 aliphatic heterocycles. The van der Waals surface area contributed by atoms with Crippen LogP contribution in [0.25, 0.3) is 11.4 Å².